The number of thiophene rings is 1. The van der Waals surface area contributed by atoms with Crippen LogP contribution in [0.2, 0.25) is 0 Å². The van der Waals surface area contributed by atoms with Crippen molar-refractivity contribution in [3.63, 3.8) is 0 Å². The van der Waals surface area contributed by atoms with E-state index in [1.807, 2.05) is 26.0 Å². The molecule has 1 atom stereocenters. The van der Waals surface area contributed by atoms with Crippen molar-refractivity contribution in [3.8, 4) is 17.3 Å². The van der Waals surface area contributed by atoms with Gasteiger partial charge in [-0.3, -0.25) is 0 Å². The Kier molecular flexibility index (Phi) is 6.07. The maximum Gasteiger partial charge on any atom is 0.236 e. The number of hydrogen-bond donors (Lipinski definition) is 3. The normalized spacial score (nSPS) is 15.3. The fourth-order valence-electron chi connectivity index (χ4n) is 4.00. The minimum Gasteiger partial charge on any atom is -0.477 e. The molecule has 0 unspecified atom stereocenters. The molecule has 1 fully saturated rings. The van der Waals surface area contributed by atoms with E-state index in [0.29, 0.717) is 29.8 Å². The summed E-state index contributed by atoms with van der Waals surface area (Å²) in [5.74, 6) is 1.86. The Hall–Kier alpha value is -2.92. The third-order valence-corrected chi connectivity index (χ3v) is 6.78. The van der Waals surface area contributed by atoms with Crippen LogP contribution in [0.3, 0.4) is 0 Å². The number of fused-ring (bicyclic) bond motifs is 3. The molecule has 4 aromatic rings. The second-order valence-corrected chi connectivity index (χ2v) is 8.91. The molecule has 3 N–H and O–H groups in total. The third-order valence-electron chi connectivity index (χ3n) is 5.72. The maximum absolute atomic E-state index is 9.83. The van der Waals surface area contributed by atoms with Gasteiger partial charge in [-0.05, 0) is 19.4 Å². The highest BCUT2D eigenvalue weighted by Gasteiger charge is 2.22. The number of aryl methyl sites for hydroxylation is 1. The Morgan fingerprint density at radius 3 is 2.58 bits per heavy atom. The molecule has 1 aliphatic rings. The first-order valence-corrected chi connectivity index (χ1v) is 11.9. The number of hydrogen-bond acceptors (Lipinski definition) is 10. The van der Waals surface area contributed by atoms with Gasteiger partial charge in [0.25, 0.3) is 0 Å². The van der Waals surface area contributed by atoms with E-state index < -0.39 is 6.10 Å². The van der Waals surface area contributed by atoms with Crippen molar-refractivity contribution >= 4 is 37.7 Å². The monoisotopic (exact) mass is 466 g/mol. The second kappa shape index (κ2) is 9.14. The molecule has 0 bridgehead atoms. The van der Waals surface area contributed by atoms with Crippen molar-refractivity contribution in [1.29, 1.82) is 0 Å². The number of nitrogens with zero attached hydrogens (tertiary/aromatic N) is 5. The number of ether oxygens (including phenoxy) is 1. The summed E-state index contributed by atoms with van der Waals surface area (Å²) in [7, 11) is 0. The van der Waals surface area contributed by atoms with E-state index in [4.69, 9.17) is 29.8 Å². The Balaban J connectivity index is 1.62. The number of rotatable bonds is 6. The van der Waals surface area contributed by atoms with Gasteiger partial charge in [0.05, 0.1) is 24.3 Å². The first-order chi connectivity index (χ1) is 16.1. The van der Waals surface area contributed by atoms with Crippen molar-refractivity contribution in [2.24, 2.45) is 0 Å². The standard InChI is InChI=1S/C23H26N6O3S/c1-3-32-21-19-18(26-23(28-21)29-10-8-24-9-11-29)17-13(2)25-20(27-22(17)33-19)15-6-4-14(5-7-15)16(31)12-30/h4-7,16,24,30-31H,3,8-12H2,1-2H3/t16-/m0/s1. The average Bonchev–Trinajstić information content (AvgIpc) is 3.23. The maximum atomic E-state index is 9.83. The second-order valence-electron chi connectivity index (χ2n) is 7.91. The van der Waals surface area contributed by atoms with Crippen molar-refractivity contribution in [2.45, 2.75) is 20.0 Å². The van der Waals surface area contributed by atoms with Gasteiger partial charge in [-0.15, -0.1) is 11.3 Å². The molecule has 0 saturated carbocycles. The Morgan fingerprint density at radius 2 is 1.88 bits per heavy atom. The van der Waals surface area contributed by atoms with E-state index in [0.717, 1.165) is 57.9 Å². The number of aromatic nitrogens is 4. The van der Waals surface area contributed by atoms with E-state index >= 15 is 0 Å². The van der Waals surface area contributed by atoms with Gasteiger partial charge in [0.1, 0.15) is 21.2 Å². The van der Waals surface area contributed by atoms with E-state index in [2.05, 4.69) is 10.2 Å². The number of benzene rings is 1. The fourth-order valence-corrected chi connectivity index (χ4v) is 5.11. The largest absolute Gasteiger partial charge is 0.477 e. The number of aliphatic hydroxyl groups excluding tert-OH is 2. The van der Waals surface area contributed by atoms with E-state index in [1.54, 1.807) is 12.1 Å². The van der Waals surface area contributed by atoms with Crippen molar-refractivity contribution in [1.82, 2.24) is 25.3 Å². The average molecular weight is 467 g/mol. The Bertz CT molecular complexity index is 1290. The van der Waals surface area contributed by atoms with E-state index in [9.17, 15) is 5.11 Å². The minimum absolute atomic E-state index is 0.318. The van der Waals surface area contributed by atoms with Gasteiger partial charge >= 0.3 is 0 Å². The summed E-state index contributed by atoms with van der Waals surface area (Å²) in [5.41, 5.74) is 3.16. The van der Waals surface area contributed by atoms with Gasteiger partial charge in [0, 0.05) is 31.7 Å². The SMILES string of the molecule is CCOc1nc(N2CCNCC2)nc2c1sc1nc(-c3ccc([C@@H](O)CO)cc3)nc(C)c12. The fraction of sp³-hybridized carbons (Fsp3) is 0.391. The van der Waals surface area contributed by atoms with Crippen LogP contribution in [-0.2, 0) is 0 Å². The molecular weight excluding hydrogens is 440 g/mol. The first kappa shape index (κ1) is 21.9. The summed E-state index contributed by atoms with van der Waals surface area (Å²) in [6.07, 6.45) is -0.896. The van der Waals surface area contributed by atoms with Crippen LogP contribution in [0.5, 0.6) is 5.88 Å². The highest BCUT2D eigenvalue weighted by atomic mass is 32.1. The Labute approximate surface area is 195 Å². The van der Waals surface area contributed by atoms with Crippen LogP contribution in [0.1, 0.15) is 24.3 Å². The lowest BCUT2D eigenvalue weighted by Crippen LogP contribution is -2.44. The molecular formula is C23H26N6O3S. The zero-order valence-corrected chi connectivity index (χ0v) is 19.4. The molecule has 10 heteroatoms. The summed E-state index contributed by atoms with van der Waals surface area (Å²) in [5, 5.41) is 23.3. The van der Waals surface area contributed by atoms with Gasteiger partial charge in [0.2, 0.25) is 11.8 Å². The van der Waals surface area contributed by atoms with Gasteiger partial charge in [-0.25, -0.2) is 15.0 Å². The van der Waals surface area contributed by atoms with Crippen LogP contribution < -0.4 is 15.0 Å². The van der Waals surface area contributed by atoms with Gasteiger partial charge in [0.15, 0.2) is 5.82 Å². The smallest absolute Gasteiger partial charge is 0.236 e. The molecule has 0 radical (unpaired) electrons. The molecule has 4 heterocycles. The molecule has 1 saturated heterocycles. The lowest BCUT2D eigenvalue weighted by Gasteiger charge is -2.27. The molecule has 0 aliphatic carbocycles. The lowest BCUT2D eigenvalue weighted by atomic mass is 10.1. The summed E-state index contributed by atoms with van der Waals surface area (Å²) in [6, 6.07) is 7.27. The van der Waals surface area contributed by atoms with Gasteiger partial charge in [-0.2, -0.15) is 4.98 Å². The zero-order valence-electron chi connectivity index (χ0n) is 18.6. The van der Waals surface area contributed by atoms with E-state index in [-0.39, 0.29) is 6.61 Å². The number of aliphatic hydroxyl groups is 2. The van der Waals surface area contributed by atoms with Crippen LogP contribution in [0.25, 0.3) is 31.8 Å². The molecule has 0 amide bonds. The third kappa shape index (κ3) is 4.10. The quantitative estimate of drug-likeness (QED) is 0.394. The van der Waals surface area contributed by atoms with Gasteiger partial charge in [-0.1, -0.05) is 24.3 Å². The molecule has 5 rings (SSSR count). The molecule has 3 aromatic heterocycles. The molecule has 9 nitrogen and oxygen atoms in total. The van der Waals surface area contributed by atoms with Crippen molar-refractivity contribution < 1.29 is 14.9 Å². The molecule has 0 spiro atoms. The van der Waals surface area contributed by atoms with Crippen LogP contribution in [0.15, 0.2) is 24.3 Å². The number of piperazine rings is 1. The first-order valence-electron chi connectivity index (χ1n) is 11.1. The number of anilines is 1. The molecule has 172 valence electrons. The predicted octanol–water partition coefficient (Wildman–Crippen LogP) is 2.44. The summed E-state index contributed by atoms with van der Waals surface area (Å²) in [6.45, 7) is 7.61. The topological polar surface area (TPSA) is 117 Å². The molecule has 1 aliphatic heterocycles. The molecule has 33 heavy (non-hydrogen) atoms. The highest BCUT2D eigenvalue weighted by Crippen LogP contribution is 2.39. The Morgan fingerprint density at radius 1 is 1.12 bits per heavy atom. The van der Waals surface area contributed by atoms with Crippen molar-refractivity contribution in [3.05, 3.63) is 35.5 Å². The van der Waals surface area contributed by atoms with Crippen molar-refractivity contribution in [2.75, 3.05) is 44.3 Å². The summed E-state index contributed by atoms with van der Waals surface area (Å²) >= 11 is 1.51. The minimum atomic E-state index is -0.896. The lowest BCUT2D eigenvalue weighted by molar-refractivity contribution is 0.0956. The summed E-state index contributed by atoms with van der Waals surface area (Å²) in [4.78, 5) is 22.3. The van der Waals surface area contributed by atoms with E-state index in [1.165, 1.54) is 11.3 Å². The highest BCUT2D eigenvalue weighted by molar-refractivity contribution is 7.25. The number of nitrogens with one attached hydrogen (secondary N) is 1. The van der Waals surface area contributed by atoms with Crippen LogP contribution in [-0.4, -0.2) is 69.5 Å². The summed E-state index contributed by atoms with van der Waals surface area (Å²) < 4.78 is 6.78. The van der Waals surface area contributed by atoms with Crippen LogP contribution in [0.4, 0.5) is 5.95 Å². The molecule has 1 aromatic carbocycles. The van der Waals surface area contributed by atoms with Crippen LogP contribution >= 0.6 is 11.3 Å². The zero-order chi connectivity index (χ0) is 22.9. The predicted molar refractivity (Wildman–Crippen MR) is 129 cm³/mol. The van der Waals surface area contributed by atoms with Gasteiger partial charge < -0.3 is 25.2 Å². The van der Waals surface area contributed by atoms with Crippen LogP contribution in [0, 0.1) is 6.92 Å².